The maximum Gasteiger partial charge on any atom is 0.216 e. The van der Waals surface area contributed by atoms with E-state index in [0.29, 0.717) is 24.9 Å². The Hall–Kier alpha value is -0.210. The van der Waals surface area contributed by atoms with E-state index in [1.807, 2.05) is 0 Å². The molecule has 26 heavy (non-hydrogen) atoms. The lowest BCUT2D eigenvalue weighted by molar-refractivity contribution is -0.0630. The molecule has 0 aromatic rings. The van der Waals surface area contributed by atoms with Crippen molar-refractivity contribution in [3.63, 3.8) is 0 Å². The van der Waals surface area contributed by atoms with Crippen molar-refractivity contribution in [2.45, 2.75) is 63.2 Å². The van der Waals surface area contributed by atoms with Gasteiger partial charge in [0.15, 0.2) is 0 Å². The first-order valence-electron chi connectivity index (χ1n) is 10.2. The Morgan fingerprint density at radius 2 is 1.81 bits per heavy atom. The number of nitrogens with zero attached hydrogens (tertiary/aromatic N) is 1. The summed E-state index contributed by atoms with van der Waals surface area (Å²) in [6.07, 6.45) is 5.91. The van der Waals surface area contributed by atoms with Gasteiger partial charge in [0.05, 0.1) is 10.9 Å². The van der Waals surface area contributed by atoms with Crippen LogP contribution in [-0.4, -0.2) is 69.7 Å². The number of sulfonamides is 1. The van der Waals surface area contributed by atoms with E-state index >= 15 is 0 Å². The lowest BCUT2D eigenvalue weighted by atomic mass is 9.78. The molecule has 0 bridgehead atoms. The number of hydrogen-bond donors (Lipinski definition) is 0. The van der Waals surface area contributed by atoms with Gasteiger partial charge >= 0.3 is 0 Å². The molecule has 0 N–H and O–H groups in total. The van der Waals surface area contributed by atoms with Crippen molar-refractivity contribution in [3.05, 3.63) is 0 Å². The van der Waals surface area contributed by atoms with Crippen LogP contribution in [0.15, 0.2) is 0 Å². The largest absolute Gasteiger partial charge is 0.381 e. The highest BCUT2D eigenvalue weighted by molar-refractivity contribution is 7.89. The molecule has 1 atom stereocenters. The zero-order chi connectivity index (χ0) is 18.6. The molecule has 3 fully saturated rings. The van der Waals surface area contributed by atoms with E-state index in [1.54, 1.807) is 18.2 Å². The lowest BCUT2D eigenvalue weighted by Crippen LogP contribution is -2.50. The first kappa shape index (κ1) is 20.5. The first-order valence-corrected chi connectivity index (χ1v) is 11.7. The van der Waals surface area contributed by atoms with Gasteiger partial charge in [0.2, 0.25) is 10.0 Å². The molecule has 3 aliphatic rings. The van der Waals surface area contributed by atoms with Gasteiger partial charge in [0.25, 0.3) is 0 Å². The van der Waals surface area contributed by atoms with Gasteiger partial charge in [-0.1, -0.05) is 0 Å². The van der Waals surface area contributed by atoms with Crippen molar-refractivity contribution in [1.82, 2.24) is 4.31 Å². The molecule has 1 unspecified atom stereocenters. The molecule has 3 heterocycles. The molecule has 0 amide bonds. The molecule has 7 heteroatoms. The molecule has 0 radical (unpaired) electrons. The lowest BCUT2D eigenvalue weighted by Gasteiger charge is -2.42. The van der Waals surface area contributed by atoms with Gasteiger partial charge in [-0.05, 0) is 64.2 Å². The monoisotopic (exact) mass is 389 g/mol. The fraction of sp³-hybridized carbons (Fsp3) is 1.00. The average molecular weight is 390 g/mol. The maximum atomic E-state index is 12.4. The van der Waals surface area contributed by atoms with Crippen LogP contribution in [0.3, 0.4) is 0 Å². The highest BCUT2D eigenvalue weighted by Gasteiger charge is 2.47. The third-order valence-electron chi connectivity index (χ3n) is 6.43. The molecule has 6 nitrogen and oxygen atoms in total. The predicted molar refractivity (Wildman–Crippen MR) is 101 cm³/mol. The van der Waals surface area contributed by atoms with E-state index in [2.05, 4.69) is 0 Å². The smallest absolute Gasteiger partial charge is 0.216 e. The van der Waals surface area contributed by atoms with Gasteiger partial charge in [-0.25, -0.2) is 12.7 Å². The Morgan fingerprint density at radius 1 is 1.12 bits per heavy atom. The maximum absolute atomic E-state index is 12.4. The minimum absolute atomic E-state index is 0.134. The average Bonchev–Trinajstić information content (AvgIpc) is 3.02. The summed E-state index contributed by atoms with van der Waals surface area (Å²) in [6.45, 7) is 8.81. The van der Waals surface area contributed by atoms with Crippen LogP contribution in [0.25, 0.3) is 0 Å². The second-order valence-corrected chi connectivity index (χ2v) is 10.8. The third kappa shape index (κ3) is 4.61. The highest BCUT2D eigenvalue weighted by Crippen LogP contribution is 2.43. The van der Waals surface area contributed by atoms with E-state index in [0.717, 1.165) is 71.6 Å². The quantitative estimate of drug-likeness (QED) is 0.626. The van der Waals surface area contributed by atoms with Gasteiger partial charge in [-0.3, -0.25) is 0 Å². The zero-order valence-corrected chi connectivity index (χ0v) is 17.1. The molecule has 3 rings (SSSR count). The van der Waals surface area contributed by atoms with Gasteiger partial charge < -0.3 is 14.2 Å². The highest BCUT2D eigenvalue weighted by atomic mass is 32.2. The molecular weight excluding hydrogens is 354 g/mol. The van der Waals surface area contributed by atoms with Crippen molar-refractivity contribution >= 4 is 10.0 Å². The predicted octanol–water partition coefficient (Wildman–Crippen LogP) is 2.43. The molecular formula is C19H35NO5S. The van der Waals surface area contributed by atoms with Crippen LogP contribution in [0.1, 0.15) is 52.4 Å². The van der Waals surface area contributed by atoms with E-state index in [9.17, 15) is 8.42 Å². The zero-order valence-electron chi connectivity index (χ0n) is 16.3. The summed E-state index contributed by atoms with van der Waals surface area (Å²) in [4.78, 5) is 0. The molecule has 3 aliphatic heterocycles. The fourth-order valence-electron chi connectivity index (χ4n) is 4.55. The molecule has 0 aliphatic carbocycles. The van der Waals surface area contributed by atoms with E-state index in [-0.39, 0.29) is 10.9 Å². The summed E-state index contributed by atoms with van der Waals surface area (Å²) in [5.74, 6) is 1.13. The standard InChI is InChI=1S/C19H35NO5S/c1-16(2)26(21,22)20-9-7-19(8-10-20)18(6-14-25-19)5-13-24-15-17-3-11-23-12-4-17/h16-18H,3-15H2,1-2H3. The van der Waals surface area contributed by atoms with Gasteiger partial charge in [-0.15, -0.1) is 0 Å². The molecule has 0 aromatic carbocycles. The first-order chi connectivity index (χ1) is 12.4. The van der Waals surface area contributed by atoms with Crippen molar-refractivity contribution in [3.8, 4) is 0 Å². The topological polar surface area (TPSA) is 65.1 Å². The van der Waals surface area contributed by atoms with Crippen LogP contribution < -0.4 is 0 Å². The Balaban J connectivity index is 1.44. The number of hydrogen-bond acceptors (Lipinski definition) is 5. The van der Waals surface area contributed by atoms with Crippen LogP contribution in [0.2, 0.25) is 0 Å². The third-order valence-corrected chi connectivity index (χ3v) is 8.71. The summed E-state index contributed by atoms with van der Waals surface area (Å²) >= 11 is 0. The minimum atomic E-state index is -3.15. The molecule has 1 spiro atoms. The Labute approximate surface area is 158 Å². The Morgan fingerprint density at radius 3 is 2.46 bits per heavy atom. The summed E-state index contributed by atoms with van der Waals surface area (Å²) in [5.41, 5.74) is -0.134. The summed E-state index contributed by atoms with van der Waals surface area (Å²) in [5, 5.41) is -0.351. The molecule has 0 aromatic heterocycles. The van der Waals surface area contributed by atoms with Crippen LogP contribution in [0.4, 0.5) is 0 Å². The summed E-state index contributed by atoms with van der Waals surface area (Å²) in [6, 6.07) is 0. The number of ether oxygens (including phenoxy) is 3. The van der Waals surface area contributed by atoms with E-state index in [4.69, 9.17) is 14.2 Å². The second-order valence-electron chi connectivity index (χ2n) is 8.31. The number of rotatable bonds is 7. The summed E-state index contributed by atoms with van der Waals surface area (Å²) < 4.78 is 43.9. The van der Waals surface area contributed by atoms with Crippen molar-refractivity contribution in [2.75, 3.05) is 46.1 Å². The van der Waals surface area contributed by atoms with Gasteiger partial charge in [0, 0.05) is 46.1 Å². The summed E-state index contributed by atoms with van der Waals surface area (Å²) in [7, 11) is -3.15. The van der Waals surface area contributed by atoms with E-state index < -0.39 is 10.0 Å². The molecule has 3 saturated heterocycles. The van der Waals surface area contributed by atoms with Crippen molar-refractivity contribution in [2.24, 2.45) is 11.8 Å². The Kier molecular flexibility index (Phi) is 6.99. The normalized spacial score (nSPS) is 28.2. The fourth-order valence-corrected chi connectivity index (χ4v) is 5.84. The molecule has 152 valence electrons. The van der Waals surface area contributed by atoms with Crippen molar-refractivity contribution < 1.29 is 22.6 Å². The van der Waals surface area contributed by atoms with Crippen LogP contribution in [0.5, 0.6) is 0 Å². The second kappa shape index (κ2) is 8.86. The minimum Gasteiger partial charge on any atom is -0.381 e. The van der Waals surface area contributed by atoms with Crippen LogP contribution in [0, 0.1) is 11.8 Å². The molecule has 0 saturated carbocycles. The Bertz CT molecular complexity index is 536. The van der Waals surface area contributed by atoms with Crippen LogP contribution in [-0.2, 0) is 24.2 Å². The van der Waals surface area contributed by atoms with Crippen molar-refractivity contribution in [1.29, 1.82) is 0 Å². The van der Waals surface area contributed by atoms with Crippen LogP contribution >= 0.6 is 0 Å². The van der Waals surface area contributed by atoms with Gasteiger partial charge in [0.1, 0.15) is 0 Å². The van der Waals surface area contributed by atoms with E-state index in [1.165, 1.54) is 0 Å². The SMILES string of the molecule is CC(C)S(=O)(=O)N1CCC2(CC1)OCCC2CCOCC1CCOCC1. The number of piperidine rings is 1. The van der Waals surface area contributed by atoms with Gasteiger partial charge in [-0.2, -0.15) is 0 Å².